The Morgan fingerprint density at radius 3 is 2.38 bits per heavy atom. The van der Waals surface area contributed by atoms with Crippen molar-refractivity contribution in [3.05, 3.63) is 17.0 Å². The lowest BCUT2D eigenvalue weighted by atomic mass is 10.2. The Morgan fingerprint density at radius 1 is 1.38 bits per heavy atom. The Labute approximate surface area is 84.9 Å². The lowest BCUT2D eigenvalue weighted by molar-refractivity contribution is 0.472. The Kier molecular flexibility index (Phi) is 3.37. The molecule has 0 amide bonds. The van der Waals surface area contributed by atoms with Gasteiger partial charge in [-0.15, -0.1) is 11.6 Å². The second-order valence-electron chi connectivity index (χ2n) is 3.86. The maximum Gasteiger partial charge on any atom is 0.0640 e. The molecule has 1 rings (SSSR count). The van der Waals surface area contributed by atoms with Crippen molar-refractivity contribution in [3.8, 4) is 0 Å². The molecular weight excluding hydrogens is 184 g/mol. The molecule has 1 aromatic heterocycles. The molecule has 0 spiro atoms. The summed E-state index contributed by atoms with van der Waals surface area (Å²) in [7, 11) is 0. The van der Waals surface area contributed by atoms with Gasteiger partial charge in [0.05, 0.1) is 11.6 Å². The normalized spacial score (nSPS) is 11.2. The summed E-state index contributed by atoms with van der Waals surface area (Å²) in [5, 5.41) is 4.45. The molecule has 0 unspecified atom stereocenters. The third-order valence-electron chi connectivity index (χ3n) is 2.20. The van der Waals surface area contributed by atoms with Crippen molar-refractivity contribution in [1.29, 1.82) is 0 Å². The lowest BCUT2D eigenvalue weighted by Gasteiger charge is -2.07. The standard InChI is InChI=1S/C10H17ClN2/c1-7(2)6-13-9(4)10(5-11)8(3)12-13/h7H,5-6H2,1-4H3. The molecular formula is C10H17ClN2. The van der Waals surface area contributed by atoms with E-state index in [-0.39, 0.29) is 0 Å². The molecule has 0 aliphatic rings. The SMILES string of the molecule is Cc1nn(CC(C)C)c(C)c1CCl. The van der Waals surface area contributed by atoms with Crippen LogP contribution in [0, 0.1) is 19.8 Å². The quantitative estimate of drug-likeness (QED) is 0.687. The fourth-order valence-electron chi connectivity index (χ4n) is 1.45. The van der Waals surface area contributed by atoms with E-state index < -0.39 is 0 Å². The zero-order valence-electron chi connectivity index (χ0n) is 8.76. The first-order valence-corrected chi connectivity index (χ1v) is 5.18. The van der Waals surface area contributed by atoms with E-state index in [2.05, 4.69) is 30.6 Å². The van der Waals surface area contributed by atoms with Gasteiger partial charge in [-0.25, -0.2) is 0 Å². The zero-order chi connectivity index (χ0) is 10.0. The Morgan fingerprint density at radius 2 is 2.00 bits per heavy atom. The van der Waals surface area contributed by atoms with Crippen molar-refractivity contribution in [2.45, 2.75) is 40.1 Å². The van der Waals surface area contributed by atoms with Crippen LogP contribution in [0.2, 0.25) is 0 Å². The van der Waals surface area contributed by atoms with E-state index >= 15 is 0 Å². The van der Waals surface area contributed by atoms with Crippen molar-refractivity contribution in [2.24, 2.45) is 5.92 Å². The Balaban J connectivity index is 2.96. The summed E-state index contributed by atoms with van der Waals surface area (Å²) < 4.78 is 2.05. The van der Waals surface area contributed by atoms with Gasteiger partial charge in [-0.05, 0) is 19.8 Å². The van der Waals surface area contributed by atoms with Crippen LogP contribution in [0.25, 0.3) is 0 Å². The van der Waals surface area contributed by atoms with Crippen molar-refractivity contribution < 1.29 is 0 Å². The number of hydrogen-bond acceptors (Lipinski definition) is 1. The summed E-state index contributed by atoms with van der Waals surface area (Å²) in [5.74, 6) is 1.19. The van der Waals surface area contributed by atoms with Gasteiger partial charge in [0.25, 0.3) is 0 Å². The van der Waals surface area contributed by atoms with Crippen LogP contribution in [0.5, 0.6) is 0 Å². The molecule has 0 fully saturated rings. The molecule has 2 nitrogen and oxygen atoms in total. The Hall–Kier alpha value is -0.500. The molecule has 1 aromatic rings. The van der Waals surface area contributed by atoms with Gasteiger partial charge in [0.1, 0.15) is 0 Å². The minimum atomic E-state index is 0.565. The van der Waals surface area contributed by atoms with Gasteiger partial charge >= 0.3 is 0 Å². The monoisotopic (exact) mass is 200 g/mol. The summed E-state index contributed by atoms with van der Waals surface area (Å²) in [4.78, 5) is 0. The molecule has 0 radical (unpaired) electrons. The molecule has 3 heteroatoms. The summed E-state index contributed by atoms with van der Waals surface area (Å²) in [6, 6.07) is 0. The molecule has 1 heterocycles. The van der Waals surface area contributed by atoms with E-state index in [1.165, 1.54) is 11.3 Å². The van der Waals surface area contributed by atoms with Crippen LogP contribution in [0.1, 0.15) is 30.8 Å². The topological polar surface area (TPSA) is 17.8 Å². The zero-order valence-corrected chi connectivity index (χ0v) is 9.52. The number of hydrogen-bond donors (Lipinski definition) is 0. The van der Waals surface area contributed by atoms with Crippen LogP contribution in [0.4, 0.5) is 0 Å². The number of aromatic nitrogens is 2. The number of nitrogens with zero attached hydrogens (tertiary/aromatic N) is 2. The van der Waals surface area contributed by atoms with E-state index in [1.807, 2.05) is 6.92 Å². The van der Waals surface area contributed by atoms with Gasteiger partial charge in [-0.2, -0.15) is 5.10 Å². The maximum atomic E-state index is 5.83. The first kappa shape index (κ1) is 10.6. The van der Waals surface area contributed by atoms with E-state index in [4.69, 9.17) is 11.6 Å². The highest BCUT2D eigenvalue weighted by molar-refractivity contribution is 6.17. The van der Waals surface area contributed by atoms with E-state index in [0.29, 0.717) is 11.8 Å². The number of rotatable bonds is 3. The van der Waals surface area contributed by atoms with E-state index in [0.717, 1.165) is 12.2 Å². The summed E-state index contributed by atoms with van der Waals surface area (Å²) in [6.45, 7) is 9.46. The third-order valence-corrected chi connectivity index (χ3v) is 2.47. The van der Waals surface area contributed by atoms with Gasteiger partial charge < -0.3 is 0 Å². The van der Waals surface area contributed by atoms with E-state index in [1.54, 1.807) is 0 Å². The first-order valence-electron chi connectivity index (χ1n) is 4.65. The highest BCUT2D eigenvalue weighted by atomic mass is 35.5. The number of alkyl halides is 1. The number of halogens is 1. The summed E-state index contributed by atoms with van der Waals surface area (Å²) >= 11 is 5.83. The van der Waals surface area contributed by atoms with Gasteiger partial charge in [-0.3, -0.25) is 4.68 Å². The fraction of sp³-hybridized carbons (Fsp3) is 0.700. The Bertz CT molecular complexity index is 289. The highest BCUT2D eigenvalue weighted by Gasteiger charge is 2.10. The number of aryl methyl sites for hydroxylation is 1. The molecule has 0 aliphatic carbocycles. The van der Waals surface area contributed by atoms with Crippen LogP contribution < -0.4 is 0 Å². The minimum Gasteiger partial charge on any atom is -0.269 e. The minimum absolute atomic E-state index is 0.565. The molecule has 0 saturated carbocycles. The smallest absolute Gasteiger partial charge is 0.0640 e. The van der Waals surface area contributed by atoms with Gasteiger partial charge in [0, 0.05) is 17.8 Å². The lowest BCUT2D eigenvalue weighted by Crippen LogP contribution is -2.07. The molecule has 0 bridgehead atoms. The molecule has 74 valence electrons. The average molecular weight is 201 g/mol. The highest BCUT2D eigenvalue weighted by Crippen LogP contribution is 2.16. The van der Waals surface area contributed by atoms with Gasteiger partial charge in [-0.1, -0.05) is 13.8 Å². The predicted molar refractivity (Wildman–Crippen MR) is 56.1 cm³/mol. The molecule has 13 heavy (non-hydrogen) atoms. The fourth-order valence-corrected chi connectivity index (χ4v) is 1.84. The second kappa shape index (κ2) is 4.14. The van der Waals surface area contributed by atoms with Gasteiger partial charge in [0.15, 0.2) is 0 Å². The van der Waals surface area contributed by atoms with Crippen molar-refractivity contribution >= 4 is 11.6 Å². The molecule has 0 atom stereocenters. The third kappa shape index (κ3) is 2.25. The van der Waals surface area contributed by atoms with Crippen molar-refractivity contribution in [1.82, 2.24) is 9.78 Å². The largest absolute Gasteiger partial charge is 0.269 e. The van der Waals surface area contributed by atoms with Crippen LogP contribution >= 0.6 is 11.6 Å². The first-order chi connectivity index (χ1) is 6.06. The van der Waals surface area contributed by atoms with Crippen LogP contribution in [-0.2, 0) is 12.4 Å². The predicted octanol–water partition coefficient (Wildman–Crippen LogP) is 2.89. The molecule has 0 saturated heterocycles. The van der Waals surface area contributed by atoms with Crippen LogP contribution in [-0.4, -0.2) is 9.78 Å². The second-order valence-corrected chi connectivity index (χ2v) is 4.13. The van der Waals surface area contributed by atoms with Crippen LogP contribution in [0.3, 0.4) is 0 Å². The molecule has 0 aliphatic heterocycles. The van der Waals surface area contributed by atoms with E-state index in [9.17, 15) is 0 Å². The molecule has 0 aromatic carbocycles. The van der Waals surface area contributed by atoms with Crippen molar-refractivity contribution in [2.75, 3.05) is 0 Å². The molecule has 0 N–H and O–H groups in total. The van der Waals surface area contributed by atoms with Crippen molar-refractivity contribution in [3.63, 3.8) is 0 Å². The summed E-state index contributed by atoms with van der Waals surface area (Å²) in [6.07, 6.45) is 0. The summed E-state index contributed by atoms with van der Waals surface area (Å²) in [5.41, 5.74) is 3.46. The maximum absolute atomic E-state index is 5.83. The van der Waals surface area contributed by atoms with Crippen LogP contribution in [0.15, 0.2) is 0 Å². The van der Waals surface area contributed by atoms with Gasteiger partial charge in [0.2, 0.25) is 0 Å². The average Bonchev–Trinajstić information content (AvgIpc) is 2.26.